The minimum Gasteiger partial charge on any atom is -0.465 e. The average molecular weight is 582 g/mol. The highest BCUT2D eigenvalue weighted by Crippen LogP contribution is 2.27. The van der Waals surface area contributed by atoms with Gasteiger partial charge in [-0.05, 0) is 38.9 Å². The largest absolute Gasteiger partial charge is 0.465 e. The van der Waals surface area contributed by atoms with Gasteiger partial charge in [0, 0.05) is 78.5 Å². The number of hydrogen-bond acceptors (Lipinski definition) is 10. The summed E-state index contributed by atoms with van der Waals surface area (Å²) < 4.78 is 18.1. The van der Waals surface area contributed by atoms with Gasteiger partial charge in [0.05, 0.1) is 31.0 Å². The van der Waals surface area contributed by atoms with Crippen LogP contribution in [-0.4, -0.2) is 161 Å². The van der Waals surface area contributed by atoms with E-state index >= 15 is 0 Å². The number of likely N-dealkylation sites (N-methyl/N-ethyl adjacent to an activating group) is 2. The second-order valence-electron chi connectivity index (χ2n) is 12.2. The average Bonchev–Trinajstić information content (AvgIpc) is 3.03. The third-order valence-electron chi connectivity index (χ3n) is 9.52. The Hall–Kier alpha value is -1.30. The normalized spacial score (nSPS) is 21.3. The fourth-order valence-corrected chi connectivity index (χ4v) is 5.89. The molecule has 0 saturated carbocycles. The Balaban J connectivity index is 1.47. The van der Waals surface area contributed by atoms with E-state index in [0.29, 0.717) is 25.9 Å². The second-order valence-corrected chi connectivity index (χ2v) is 12.2. The van der Waals surface area contributed by atoms with Gasteiger partial charge in [-0.3, -0.25) is 9.59 Å². The number of esters is 2. The van der Waals surface area contributed by atoms with Crippen LogP contribution in [0, 0.1) is 5.41 Å². The minimum absolute atomic E-state index is 0.186. The number of ether oxygens (including phenoxy) is 3. The van der Waals surface area contributed by atoms with Crippen LogP contribution in [0.4, 0.5) is 0 Å². The third kappa shape index (κ3) is 12.1. The highest BCUT2D eigenvalue weighted by atomic mass is 16.6. The van der Waals surface area contributed by atoms with Gasteiger partial charge < -0.3 is 38.7 Å². The highest BCUT2D eigenvalue weighted by Gasteiger charge is 2.34. The lowest BCUT2D eigenvalue weighted by Crippen LogP contribution is -2.47. The molecule has 0 aliphatic carbocycles. The van der Waals surface area contributed by atoms with E-state index in [0.717, 1.165) is 111 Å². The van der Waals surface area contributed by atoms with Crippen molar-refractivity contribution in [3.05, 3.63) is 0 Å². The van der Waals surface area contributed by atoms with Crippen molar-refractivity contribution in [2.75, 3.05) is 118 Å². The Morgan fingerprint density at radius 1 is 0.585 bits per heavy atom. The maximum absolute atomic E-state index is 12.8. The Kier molecular flexibility index (Phi) is 15.3. The first-order valence-corrected chi connectivity index (χ1v) is 16.4. The molecule has 3 fully saturated rings. The summed E-state index contributed by atoms with van der Waals surface area (Å²) in [7, 11) is 0. The predicted octanol–water partition coefficient (Wildman–Crippen LogP) is 2.03. The predicted molar refractivity (Wildman–Crippen MR) is 162 cm³/mol. The molecule has 0 N–H and O–H groups in total. The molecule has 0 atom stereocenters. The highest BCUT2D eigenvalue weighted by molar-refractivity contribution is 5.70. The molecule has 0 bridgehead atoms. The number of hydrogen-bond donors (Lipinski definition) is 0. The molecule has 0 radical (unpaired) electrons. The van der Waals surface area contributed by atoms with Crippen molar-refractivity contribution in [1.29, 1.82) is 0 Å². The molecular formula is C31H59N5O5. The van der Waals surface area contributed by atoms with E-state index < -0.39 is 5.41 Å². The SMILES string of the molecule is CCN1CCC(OCC(CC)(COC(=O)CCN2CCN(CC)CC2)COC(=O)CCN2CCN(CC)CC2)CC1. The quantitative estimate of drug-likeness (QED) is 0.238. The molecule has 3 saturated heterocycles. The molecule has 10 heteroatoms. The fourth-order valence-electron chi connectivity index (χ4n) is 5.89. The van der Waals surface area contributed by atoms with Gasteiger partial charge in [0.1, 0.15) is 13.2 Å². The van der Waals surface area contributed by atoms with Crippen molar-refractivity contribution >= 4 is 11.9 Å². The van der Waals surface area contributed by atoms with Crippen molar-refractivity contribution < 1.29 is 23.8 Å². The molecular weight excluding hydrogens is 522 g/mol. The summed E-state index contributed by atoms with van der Waals surface area (Å²) >= 11 is 0. The lowest BCUT2D eigenvalue weighted by molar-refractivity contribution is -0.160. The first-order chi connectivity index (χ1) is 19.9. The number of likely N-dealkylation sites (tertiary alicyclic amines) is 1. The summed E-state index contributed by atoms with van der Waals surface area (Å²) in [6, 6.07) is 0. The van der Waals surface area contributed by atoms with Crippen molar-refractivity contribution in [2.24, 2.45) is 5.41 Å². The molecule has 0 aromatic rings. The van der Waals surface area contributed by atoms with Gasteiger partial charge >= 0.3 is 11.9 Å². The number of carbonyl (C=O) groups excluding carboxylic acids is 2. The summed E-state index contributed by atoms with van der Waals surface area (Å²) in [5.74, 6) is -0.371. The van der Waals surface area contributed by atoms with E-state index in [4.69, 9.17) is 14.2 Å². The van der Waals surface area contributed by atoms with Gasteiger partial charge in [-0.2, -0.15) is 0 Å². The second kappa shape index (κ2) is 18.4. The topological polar surface area (TPSA) is 78.0 Å². The number of piperidine rings is 1. The Labute approximate surface area is 249 Å². The van der Waals surface area contributed by atoms with Crippen LogP contribution in [0.25, 0.3) is 0 Å². The van der Waals surface area contributed by atoms with E-state index in [2.05, 4.69) is 52.2 Å². The van der Waals surface area contributed by atoms with Gasteiger partial charge in [0.25, 0.3) is 0 Å². The lowest BCUT2D eigenvalue weighted by atomic mass is 9.87. The molecule has 3 aliphatic rings. The number of rotatable bonds is 17. The summed E-state index contributed by atoms with van der Waals surface area (Å²) in [4.78, 5) is 37.6. The van der Waals surface area contributed by atoms with Crippen LogP contribution in [-0.2, 0) is 23.8 Å². The van der Waals surface area contributed by atoms with Crippen LogP contribution in [0.3, 0.4) is 0 Å². The zero-order valence-corrected chi connectivity index (χ0v) is 26.6. The van der Waals surface area contributed by atoms with Crippen molar-refractivity contribution in [3.8, 4) is 0 Å². The first-order valence-electron chi connectivity index (χ1n) is 16.4. The molecule has 0 aromatic heterocycles. The molecule has 0 amide bonds. The van der Waals surface area contributed by atoms with E-state index in [1.165, 1.54) is 0 Å². The van der Waals surface area contributed by atoms with Crippen LogP contribution in [0.5, 0.6) is 0 Å². The van der Waals surface area contributed by atoms with Crippen molar-refractivity contribution in [2.45, 2.75) is 65.9 Å². The number of piperazine rings is 2. The van der Waals surface area contributed by atoms with Crippen LogP contribution < -0.4 is 0 Å². The smallest absolute Gasteiger partial charge is 0.307 e. The molecule has 3 rings (SSSR count). The molecule has 0 aromatic carbocycles. The van der Waals surface area contributed by atoms with Crippen LogP contribution in [0.15, 0.2) is 0 Å². The van der Waals surface area contributed by atoms with E-state index in [1.54, 1.807) is 0 Å². The molecule has 3 heterocycles. The zero-order valence-electron chi connectivity index (χ0n) is 26.6. The minimum atomic E-state index is -0.535. The van der Waals surface area contributed by atoms with Crippen LogP contribution in [0.1, 0.15) is 59.8 Å². The third-order valence-corrected chi connectivity index (χ3v) is 9.52. The van der Waals surface area contributed by atoms with Crippen LogP contribution in [0.2, 0.25) is 0 Å². The fraction of sp³-hybridized carbons (Fsp3) is 0.935. The maximum Gasteiger partial charge on any atom is 0.307 e. The van der Waals surface area contributed by atoms with E-state index in [1.807, 2.05) is 0 Å². The summed E-state index contributed by atoms with van der Waals surface area (Å²) in [5.41, 5.74) is -0.535. The Bertz CT molecular complexity index is 703. The monoisotopic (exact) mass is 581 g/mol. The zero-order chi connectivity index (χ0) is 29.5. The Morgan fingerprint density at radius 3 is 1.37 bits per heavy atom. The van der Waals surface area contributed by atoms with Crippen LogP contribution >= 0.6 is 0 Å². The van der Waals surface area contributed by atoms with Gasteiger partial charge in [0.15, 0.2) is 0 Å². The maximum atomic E-state index is 12.8. The first kappa shape index (κ1) is 34.2. The van der Waals surface area contributed by atoms with Gasteiger partial charge in [-0.1, -0.05) is 27.7 Å². The lowest BCUT2D eigenvalue weighted by Gasteiger charge is -2.36. The molecule has 238 valence electrons. The molecule has 0 spiro atoms. The molecule has 10 nitrogen and oxygen atoms in total. The molecule has 41 heavy (non-hydrogen) atoms. The number of nitrogens with zero attached hydrogens (tertiary/aromatic N) is 5. The van der Waals surface area contributed by atoms with Crippen molar-refractivity contribution in [1.82, 2.24) is 24.5 Å². The van der Waals surface area contributed by atoms with Gasteiger partial charge in [-0.15, -0.1) is 0 Å². The summed E-state index contributed by atoms with van der Waals surface area (Å²) in [6.07, 6.45) is 3.67. The summed E-state index contributed by atoms with van der Waals surface area (Å²) in [6.45, 7) is 24.5. The van der Waals surface area contributed by atoms with Crippen molar-refractivity contribution in [3.63, 3.8) is 0 Å². The summed E-state index contributed by atoms with van der Waals surface area (Å²) in [5, 5.41) is 0. The Morgan fingerprint density at radius 2 is 0.976 bits per heavy atom. The van der Waals surface area contributed by atoms with Gasteiger partial charge in [-0.25, -0.2) is 0 Å². The standard InChI is InChI=1S/C31H59N5O5/c1-5-31(25-39-28-9-13-32(6-2)14-10-28,26-40-29(37)11-15-35-21-17-33(7-3)18-22-35)27-41-30(38)12-16-36-23-19-34(8-4)20-24-36/h28H,5-27H2,1-4H3. The van der Waals surface area contributed by atoms with Gasteiger partial charge in [0.2, 0.25) is 0 Å². The molecule has 3 aliphatic heterocycles. The molecule has 0 unspecified atom stereocenters. The van der Waals surface area contributed by atoms with E-state index in [9.17, 15) is 9.59 Å². The van der Waals surface area contributed by atoms with E-state index in [-0.39, 0.29) is 31.3 Å². The number of carbonyl (C=O) groups is 2.